The minimum atomic E-state index is -0.257. The minimum absolute atomic E-state index is 0.0446. The normalized spacial score (nSPS) is 14.1. The van der Waals surface area contributed by atoms with Crippen LogP contribution in [0.25, 0.3) is 0 Å². The summed E-state index contributed by atoms with van der Waals surface area (Å²) < 4.78 is 4.88. The fourth-order valence-corrected chi connectivity index (χ4v) is 1.63. The van der Waals surface area contributed by atoms with E-state index in [1.807, 2.05) is 0 Å². The summed E-state index contributed by atoms with van der Waals surface area (Å²) in [4.78, 5) is 21.5. The van der Waals surface area contributed by atoms with E-state index in [0.29, 0.717) is 12.4 Å². The molecular formula is C11H16N4O3. The molecule has 1 aliphatic rings. The van der Waals surface area contributed by atoms with E-state index < -0.39 is 0 Å². The van der Waals surface area contributed by atoms with E-state index in [-0.39, 0.29) is 24.7 Å². The summed E-state index contributed by atoms with van der Waals surface area (Å²) in [6, 6.07) is 1.77. The maximum absolute atomic E-state index is 12.0. The predicted octanol–water partition coefficient (Wildman–Crippen LogP) is 0.474. The fourth-order valence-electron chi connectivity index (χ4n) is 1.63. The monoisotopic (exact) mass is 252 g/mol. The molecule has 0 bridgehead atoms. The summed E-state index contributed by atoms with van der Waals surface area (Å²) in [5.74, 6) is 0.385. The van der Waals surface area contributed by atoms with Crippen molar-refractivity contribution in [3.05, 3.63) is 12.3 Å². The van der Waals surface area contributed by atoms with Gasteiger partial charge in [0.2, 0.25) is 0 Å². The van der Waals surface area contributed by atoms with E-state index in [0.717, 1.165) is 12.8 Å². The Hall–Kier alpha value is -1.89. The Morgan fingerprint density at radius 1 is 1.67 bits per heavy atom. The van der Waals surface area contributed by atoms with Gasteiger partial charge in [0.25, 0.3) is 0 Å². The van der Waals surface area contributed by atoms with E-state index >= 15 is 0 Å². The van der Waals surface area contributed by atoms with Crippen LogP contribution in [-0.2, 0) is 0 Å². The number of amides is 2. The Kier molecular flexibility index (Phi) is 3.93. The maximum atomic E-state index is 12.0. The van der Waals surface area contributed by atoms with Gasteiger partial charge in [-0.15, -0.1) is 0 Å². The number of hydrogen-bond acceptors (Lipinski definition) is 5. The van der Waals surface area contributed by atoms with Crippen LogP contribution < -0.4 is 10.1 Å². The lowest BCUT2D eigenvalue weighted by atomic mass is 10.5. The van der Waals surface area contributed by atoms with Crippen molar-refractivity contribution in [2.75, 3.05) is 25.6 Å². The predicted molar refractivity (Wildman–Crippen MR) is 64.4 cm³/mol. The highest BCUT2D eigenvalue weighted by molar-refractivity contribution is 5.88. The molecule has 0 aliphatic heterocycles. The molecular weight excluding hydrogens is 236 g/mol. The van der Waals surface area contributed by atoms with Gasteiger partial charge in [-0.25, -0.2) is 9.78 Å². The molecule has 0 aromatic carbocycles. The number of urea groups is 1. The first-order valence-corrected chi connectivity index (χ1v) is 5.80. The van der Waals surface area contributed by atoms with Crippen LogP contribution in [0.3, 0.4) is 0 Å². The van der Waals surface area contributed by atoms with Gasteiger partial charge in [-0.1, -0.05) is 0 Å². The zero-order valence-corrected chi connectivity index (χ0v) is 10.2. The second-order valence-electron chi connectivity index (χ2n) is 4.01. The van der Waals surface area contributed by atoms with Gasteiger partial charge in [-0.2, -0.15) is 4.98 Å². The summed E-state index contributed by atoms with van der Waals surface area (Å²) in [6.07, 6.45) is 3.48. The van der Waals surface area contributed by atoms with E-state index in [1.54, 1.807) is 11.0 Å². The van der Waals surface area contributed by atoms with Crippen LogP contribution in [-0.4, -0.2) is 52.3 Å². The van der Waals surface area contributed by atoms with Gasteiger partial charge >= 0.3 is 12.0 Å². The number of rotatable bonds is 5. The molecule has 1 aromatic rings. The Balaban J connectivity index is 2.00. The third kappa shape index (κ3) is 3.07. The molecule has 0 spiro atoms. The molecule has 1 heterocycles. The Morgan fingerprint density at radius 3 is 3.06 bits per heavy atom. The number of nitrogens with one attached hydrogen (secondary N) is 1. The topological polar surface area (TPSA) is 87.6 Å². The van der Waals surface area contributed by atoms with Crippen LogP contribution >= 0.6 is 0 Å². The van der Waals surface area contributed by atoms with Crippen LogP contribution in [0.5, 0.6) is 6.01 Å². The van der Waals surface area contributed by atoms with Gasteiger partial charge < -0.3 is 14.7 Å². The van der Waals surface area contributed by atoms with Crippen LogP contribution in [0.4, 0.5) is 10.6 Å². The molecule has 18 heavy (non-hydrogen) atoms. The van der Waals surface area contributed by atoms with Crippen molar-refractivity contribution in [2.45, 2.75) is 18.9 Å². The van der Waals surface area contributed by atoms with Crippen molar-refractivity contribution < 1.29 is 14.6 Å². The van der Waals surface area contributed by atoms with Gasteiger partial charge in [0.1, 0.15) is 5.82 Å². The highest BCUT2D eigenvalue weighted by atomic mass is 16.5. The van der Waals surface area contributed by atoms with E-state index in [9.17, 15) is 4.79 Å². The molecule has 7 heteroatoms. The first-order valence-electron chi connectivity index (χ1n) is 5.80. The Bertz CT molecular complexity index is 423. The van der Waals surface area contributed by atoms with Crippen LogP contribution in [0.15, 0.2) is 12.3 Å². The summed E-state index contributed by atoms with van der Waals surface area (Å²) >= 11 is 0. The lowest BCUT2D eigenvalue weighted by molar-refractivity contribution is 0.185. The number of anilines is 1. The molecule has 1 fully saturated rings. The third-order valence-electron chi connectivity index (χ3n) is 2.64. The number of methoxy groups -OCH3 is 1. The van der Waals surface area contributed by atoms with Crippen LogP contribution in [0.2, 0.25) is 0 Å². The number of carbonyl (C=O) groups excluding carboxylic acids is 1. The summed E-state index contributed by atoms with van der Waals surface area (Å²) in [7, 11) is 1.46. The van der Waals surface area contributed by atoms with Crippen LogP contribution in [0, 0.1) is 0 Å². The van der Waals surface area contributed by atoms with Gasteiger partial charge in [-0.3, -0.25) is 5.32 Å². The number of hydrogen-bond donors (Lipinski definition) is 2. The standard InChI is InChI=1S/C11H16N4O3/c1-18-10-12-5-4-9(13-10)14-11(17)15(6-7-16)8-2-3-8/h4-5,8,16H,2-3,6-7H2,1H3,(H,12,13,14,17). The van der Waals surface area contributed by atoms with Crippen molar-refractivity contribution in [1.82, 2.24) is 14.9 Å². The Labute approximate surface area is 105 Å². The molecule has 0 unspecified atom stereocenters. The van der Waals surface area contributed by atoms with Gasteiger partial charge in [0.05, 0.1) is 13.7 Å². The largest absolute Gasteiger partial charge is 0.467 e. The van der Waals surface area contributed by atoms with E-state index in [4.69, 9.17) is 9.84 Å². The number of aliphatic hydroxyl groups excluding tert-OH is 1. The van der Waals surface area contributed by atoms with Crippen molar-refractivity contribution in [3.63, 3.8) is 0 Å². The molecule has 0 atom stereocenters. The number of carbonyl (C=O) groups is 1. The number of aromatic nitrogens is 2. The summed E-state index contributed by atoms with van der Waals surface area (Å²) in [6.45, 7) is 0.287. The third-order valence-corrected chi connectivity index (χ3v) is 2.64. The van der Waals surface area contributed by atoms with Gasteiger partial charge in [0.15, 0.2) is 0 Å². The van der Waals surface area contributed by atoms with Crippen molar-refractivity contribution >= 4 is 11.8 Å². The van der Waals surface area contributed by atoms with E-state index in [1.165, 1.54) is 13.3 Å². The first-order chi connectivity index (χ1) is 8.74. The number of ether oxygens (including phenoxy) is 1. The molecule has 1 saturated carbocycles. The SMILES string of the molecule is COc1nccc(NC(=O)N(CCO)C2CC2)n1. The highest BCUT2D eigenvalue weighted by Crippen LogP contribution is 2.27. The maximum Gasteiger partial charge on any atom is 0.323 e. The second kappa shape index (κ2) is 5.63. The molecule has 7 nitrogen and oxygen atoms in total. The van der Waals surface area contributed by atoms with Gasteiger partial charge in [0, 0.05) is 18.8 Å². The molecule has 98 valence electrons. The quantitative estimate of drug-likeness (QED) is 0.795. The molecule has 2 amide bonds. The lowest BCUT2D eigenvalue weighted by Gasteiger charge is -2.21. The van der Waals surface area contributed by atoms with Crippen LogP contribution in [0.1, 0.15) is 12.8 Å². The molecule has 0 radical (unpaired) electrons. The zero-order valence-electron chi connectivity index (χ0n) is 10.2. The fraction of sp³-hybridized carbons (Fsp3) is 0.545. The molecule has 1 aromatic heterocycles. The summed E-state index contributed by atoms with van der Waals surface area (Å²) in [5.41, 5.74) is 0. The summed E-state index contributed by atoms with van der Waals surface area (Å²) in [5, 5.41) is 11.6. The number of nitrogens with zero attached hydrogens (tertiary/aromatic N) is 3. The number of aliphatic hydroxyl groups is 1. The highest BCUT2D eigenvalue weighted by Gasteiger charge is 2.32. The lowest BCUT2D eigenvalue weighted by Crippen LogP contribution is -2.38. The minimum Gasteiger partial charge on any atom is -0.467 e. The zero-order chi connectivity index (χ0) is 13.0. The average molecular weight is 252 g/mol. The average Bonchev–Trinajstić information content (AvgIpc) is 3.20. The molecule has 1 aliphatic carbocycles. The first kappa shape index (κ1) is 12.6. The van der Waals surface area contributed by atoms with E-state index in [2.05, 4.69) is 15.3 Å². The smallest absolute Gasteiger partial charge is 0.323 e. The second-order valence-corrected chi connectivity index (χ2v) is 4.01. The molecule has 2 N–H and O–H groups in total. The van der Waals surface area contributed by atoms with Crippen molar-refractivity contribution in [2.24, 2.45) is 0 Å². The van der Waals surface area contributed by atoms with Gasteiger partial charge in [-0.05, 0) is 18.9 Å². The Morgan fingerprint density at radius 2 is 2.44 bits per heavy atom. The van der Waals surface area contributed by atoms with Crippen molar-refractivity contribution in [3.8, 4) is 6.01 Å². The molecule has 0 saturated heterocycles. The molecule has 2 rings (SSSR count). The van der Waals surface area contributed by atoms with Crippen molar-refractivity contribution in [1.29, 1.82) is 0 Å².